The van der Waals surface area contributed by atoms with Crippen LogP contribution in [0.2, 0.25) is 5.02 Å². The number of hydrogen-bond donors (Lipinski definition) is 2. The van der Waals surface area contributed by atoms with E-state index in [1.54, 1.807) is 7.11 Å². The third-order valence-electron chi connectivity index (χ3n) is 3.00. The van der Waals surface area contributed by atoms with E-state index in [4.69, 9.17) is 21.1 Å². The van der Waals surface area contributed by atoms with E-state index in [0.717, 1.165) is 18.5 Å². The lowest BCUT2D eigenvalue weighted by Crippen LogP contribution is -2.33. The lowest BCUT2D eigenvalue weighted by atomic mass is 10.1. The van der Waals surface area contributed by atoms with Crippen LogP contribution in [0.4, 0.5) is 10.5 Å². The Bertz CT molecular complexity index is 489. The van der Waals surface area contributed by atoms with Gasteiger partial charge in [-0.2, -0.15) is 0 Å². The molecule has 130 valence electrons. The summed E-state index contributed by atoms with van der Waals surface area (Å²) in [5.41, 5.74) is 0.408. The molecule has 0 fully saturated rings. The predicted molar refractivity (Wildman–Crippen MR) is 94.2 cm³/mol. The van der Waals surface area contributed by atoms with Crippen molar-refractivity contribution in [3.05, 3.63) is 29.3 Å². The number of carbonyl (C=O) groups excluding carboxylic acids is 1. The quantitative estimate of drug-likeness (QED) is 0.699. The molecular formula is C17H27ClN2O3. The molecule has 0 spiro atoms. The molecule has 0 aliphatic carbocycles. The van der Waals surface area contributed by atoms with Crippen LogP contribution in [0, 0.1) is 0 Å². The monoisotopic (exact) mass is 342 g/mol. The van der Waals surface area contributed by atoms with Crippen LogP contribution in [0.1, 0.15) is 33.6 Å². The summed E-state index contributed by atoms with van der Waals surface area (Å²) in [4.78, 5) is 11.6. The fourth-order valence-electron chi connectivity index (χ4n) is 2.05. The Labute approximate surface area is 143 Å². The normalized spacial score (nSPS) is 12.6. The number of alkyl carbamates (subject to hydrolysis) is 1. The largest absolute Gasteiger partial charge is 0.444 e. The molecule has 0 saturated heterocycles. The number of ether oxygens (including phenoxy) is 2. The van der Waals surface area contributed by atoms with Crippen LogP contribution >= 0.6 is 11.6 Å². The highest BCUT2D eigenvalue weighted by atomic mass is 35.5. The summed E-state index contributed by atoms with van der Waals surface area (Å²) in [6.07, 6.45) is 1.26. The molecule has 1 rings (SSSR count). The number of benzene rings is 1. The summed E-state index contributed by atoms with van der Waals surface area (Å²) in [5, 5.41) is 6.81. The van der Waals surface area contributed by atoms with Gasteiger partial charge in [0, 0.05) is 19.7 Å². The van der Waals surface area contributed by atoms with Crippen molar-refractivity contribution in [1.82, 2.24) is 5.32 Å². The Hall–Kier alpha value is -1.46. The number of halogens is 1. The molecule has 1 amide bonds. The van der Waals surface area contributed by atoms with E-state index in [1.807, 2.05) is 45.0 Å². The Balaban J connectivity index is 2.36. The maximum atomic E-state index is 11.6. The lowest BCUT2D eigenvalue weighted by molar-refractivity contribution is 0.0526. The van der Waals surface area contributed by atoms with Gasteiger partial charge in [0.05, 0.1) is 17.3 Å². The molecule has 0 aliphatic rings. The van der Waals surface area contributed by atoms with Crippen molar-refractivity contribution in [2.45, 2.75) is 45.3 Å². The first-order valence-corrected chi connectivity index (χ1v) is 8.16. The minimum atomic E-state index is -0.478. The molecule has 1 aromatic carbocycles. The molecule has 0 aliphatic heterocycles. The van der Waals surface area contributed by atoms with Crippen molar-refractivity contribution in [1.29, 1.82) is 0 Å². The summed E-state index contributed by atoms with van der Waals surface area (Å²) >= 11 is 6.16. The summed E-state index contributed by atoms with van der Waals surface area (Å²) in [6, 6.07) is 7.73. The number of amides is 1. The average Bonchev–Trinajstić information content (AvgIpc) is 2.44. The Morgan fingerprint density at radius 3 is 2.61 bits per heavy atom. The number of carbonyl (C=O) groups is 1. The van der Waals surface area contributed by atoms with Gasteiger partial charge in [-0.25, -0.2) is 4.79 Å². The van der Waals surface area contributed by atoms with Gasteiger partial charge in [0.25, 0.3) is 0 Å². The fraction of sp³-hybridized carbons (Fsp3) is 0.588. The molecule has 0 bridgehead atoms. The lowest BCUT2D eigenvalue weighted by Gasteiger charge is -2.21. The third-order valence-corrected chi connectivity index (χ3v) is 3.33. The van der Waals surface area contributed by atoms with Gasteiger partial charge in [-0.05, 0) is 45.7 Å². The molecule has 0 saturated carbocycles. The van der Waals surface area contributed by atoms with Gasteiger partial charge >= 0.3 is 6.09 Å². The van der Waals surface area contributed by atoms with Gasteiger partial charge in [-0.3, -0.25) is 0 Å². The standard InChI is InChI=1S/C17H27ClN2O3/c1-17(2,3)23-16(21)19-11-7-8-13(12-22-4)20-15-10-6-5-9-14(15)18/h5-6,9-10,13,20H,7-8,11-12H2,1-4H3,(H,19,21). The Morgan fingerprint density at radius 2 is 2.00 bits per heavy atom. The zero-order valence-electron chi connectivity index (χ0n) is 14.3. The molecule has 6 heteroatoms. The van der Waals surface area contributed by atoms with E-state index in [1.165, 1.54) is 0 Å². The SMILES string of the molecule is COCC(CCCNC(=O)OC(C)(C)C)Nc1ccccc1Cl. The number of anilines is 1. The molecule has 2 N–H and O–H groups in total. The van der Waals surface area contributed by atoms with Crippen molar-refractivity contribution >= 4 is 23.4 Å². The third kappa shape index (κ3) is 8.67. The van der Waals surface area contributed by atoms with Crippen LogP contribution in [-0.4, -0.2) is 38.0 Å². The molecular weight excluding hydrogens is 316 g/mol. The van der Waals surface area contributed by atoms with Crippen LogP contribution in [0.3, 0.4) is 0 Å². The first kappa shape index (κ1) is 19.6. The van der Waals surface area contributed by atoms with E-state index in [2.05, 4.69) is 10.6 Å². The summed E-state index contributed by atoms with van der Waals surface area (Å²) in [7, 11) is 1.67. The summed E-state index contributed by atoms with van der Waals surface area (Å²) in [6.45, 7) is 6.65. The van der Waals surface area contributed by atoms with Gasteiger partial charge in [0.1, 0.15) is 5.60 Å². The van der Waals surface area contributed by atoms with Crippen LogP contribution in [0.25, 0.3) is 0 Å². The van der Waals surface area contributed by atoms with Gasteiger partial charge in [-0.15, -0.1) is 0 Å². The van der Waals surface area contributed by atoms with Gasteiger partial charge < -0.3 is 20.1 Å². The zero-order chi connectivity index (χ0) is 17.3. The first-order chi connectivity index (χ1) is 10.8. The maximum absolute atomic E-state index is 11.6. The van der Waals surface area contributed by atoms with Gasteiger partial charge in [0.15, 0.2) is 0 Å². The second-order valence-corrected chi connectivity index (χ2v) is 6.75. The molecule has 0 aromatic heterocycles. The minimum Gasteiger partial charge on any atom is -0.444 e. The van der Waals surface area contributed by atoms with Crippen molar-refractivity contribution in [2.24, 2.45) is 0 Å². The topological polar surface area (TPSA) is 59.6 Å². The highest BCUT2D eigenvalue weighted by Crippen LogP contribution is 2.22. The van der Waals surface area contributed by atoms with E-state index in [0.29, 0.717) is 18.2 Å². The number of para-hydroxylation sites is 1. The number of hydrogen-bond acceptors (Lipinski definition) is 4. The highest BCUT2D eigenvalue weighted by molar-refractivity contribution is 6.33. The van der Waals surface area contributed by atoms with Crippen LogP contribution in [0.5, 0.6) is 0 Å². The smallest absolute Gasteiger partial charge is 0.407 e. The van der Waals surface area contributed by atoms with Crippen LogP contribution in [-0.2, 0) is 9.47 Å². The number of methoxy groups -OCH3 is 1. The van der Waals surface area contributed by atoms with Crippen LogP contribution in [0.15, 0.2) is 24.3 Å². The zero-order valence-corrected chi connectivity index (χ0v) is 15.1. The van der Waals surface area contributed by atoms with Crippen molar-refractivity contribution < 1.29 is 14.3 Å². The van der Waals surface area contributed by atoms with Crippen molar-refractivity contribution in [3.8, 4) is 0 Å². The van der Waals surface area contributed by atoms with E-state index >= 15 is 0 Å². The molecule has 0 heterocycles. The first-order valence-electron chi connectivity index (χ1n) is 7.78. The molecule has 1 atom stereocenters. The second-order valence-electron chi connectivity index (χ2n) is 6.35. The highest BCUT2D eigenvalue weighted by Gasteiger charge is 2.16. The Kier molecular flexibility index (Phi) is 8.20. The fourth-order valence-corrected chi connectivity index (χ4v) is 2.24. The average molecular weight is 343 g/mol. The van der Waals surface area contributed by atoms with E-state index in [-0.39, 0.29) is 12.1 Å². The number of nitrogens with one attached hydrogen (secondary N) is 2. The Morgan fingerprint density at radius 1 is 1.30 bits per heavy atom. The molecule has 23 heavy (non-hydrogen) atoms. The second kappa shape index (κ2) is 9.63. The molecule has 5 nitrogen and oxygen atoms in total. The van der Waals surface area contributed by atoms with E-state index < -0.39 is 5.60 Å². The van der Waals surface area contributed by atoms with Crippen molar-refractivity contribution in [3.63, 3.8) is 0 Å². The van der Waals surface area contributed by atoms with Crippen LogP contribution < -0.4 is 10.6 Å². The van der Waals surface area contributed by atoms with Crippen molar-refractivity contribution in [2.75, 3.05) is 25.6 Å². The molecule has 0 radical (unpaired) electrons. The maximum Gasteiger partial charge on any atom is 0.407 e. The minimum absolute atomic E-state index is 0.125. The van der Waals surface area contributed by atoms with E-state index in [9.17, 15) is 4.79 Å². The number of rotatable bonds is 8. The molecule has 1 unspecified atom stereocenters. The summed E-state index contributed by atoms with van der Waals surface area (Å²) < 4.78 is 10.4. The van der Waals surface area contributed by atoms with Gasteiger partial charge in [-0.1, -0.05) is 23.7 Å². The summed E-state index contributed by atoms with van der Waals surface area (Å²) in [5.74, 6) is 0. The molecule has 1 aromatic rings. The van der Waals surface area contributed by atoms with Gasteiger partial charge in [0.2, 0.25) is 0 Å². The predicted octanol–water partition coefficient (Wildman–Crippen LogP) is 4.07.